The standard InChI is InChI=1S/C39H41ClN2O7S/c1-8-13-27-18-25(19-32(46-9-2)36(27)48-22-28-14-11-12-15-29(28)40)20-33-37(43)42-35(26-16-17-30(49-23(4)5)31(21-26)45-7)34(38(44)47-10-3)24(6)41-39(42)50-33/h8,11-12,14-21,23,35H,1,9-10,13,22H2,2-7H3/b33-20-/t35-/m1/s1. The van der Waals surface area contributed by atoms with Crippen LogP contribution in [-0.4, -0.2) is 37.0 Å². The van der Waals surface area contributed by atoms with Gasteiger partial charge in [-0.05, 0) is 88.6 Å². The molecule has 0 bridgehead atoms. The predicted octanol–water partition coefficient (Wildman–Crippen LogP) is 6.95. The lowest BCUT2D eigenvalue weighted by Gasteiger charge is -2.25. The van der Waals surface area contributed by atoms with Gasteiger partial charge in [-0.3, -0.25) is 9.36 Å². The summed E-state index contributed by atoms with van der Waals surface area (Å²) >= 11 is 7.63. The van der Waals surface area contributed by atoms with Crippen molar-refractivity contribution < 1.29 is 28.5 Å². The number of ether oxygens (including phenoxy) is 5. The summed E-state index contributed by atoms with van der Waals surface area (Å²) in [5.74, 6) is 1.60. The van der Waals surface area contributed by atoms with Crippen molar-refractivity contribution in [2.75, 3.05) is 20.3 Å². The molecule has 0 unspecified atom stereocenters. The molecule has 11 heteroatoms. The highest BCUT2D eigenvalue weighted by molar-refractivity contribution is 7.07. The minimum atomic E-state index is -0.814. The number of halogens is 1. The molecule has 50 heavy (non-hydrogen) atoms. The molecule has 0 radical (unpaired) electrons. The molecular formula is C39H41ClN2O7S. The minimum Gasteiger partial charge on any atom is -0.493 e. The highest BCUT2D eigenvalue weighted by Crippen LogP contribution is 2.37. The summed E-state index contributed by atoms with van der Waals surface area (Å²) < 4.78 is 31.4. The van der Waals surface area contributed by atoms with E-state index in [1.165, 1.54) is 11.3 Å². The van der Waals surface area contributed by atoms with Gasteiger partial charge in [-0.2, -0.15) is 0 Å². The number of rotatable bonds is 14. The lowest BCUT2D eigenvalue weighted by atomic mass is 9.95. The van der Waals surface area contributed by atoms with Gasteiger partial charge in [0.2, 0.25) is 0 Å². The van der Waals surface area contributed by atoms with E-state index in [2.05, 4.69) is 6.58 Å². The number of benzene rings is 3. The summed E-state index contributed by atoms with van der Waals surface area (Å²) in [5, 5.41) is 0.612. The number of aromatic nitrogens is 1. The molecule has 5 rings (SSSR count). The average molecular weight is 717 g/mol. The molecule has 262 valence electrons. The number of esters is 1. The van der Waals surface area contributed by atoms with Gasteiger partial charge in [0.05, 0.1) is 48.3 Å². The maximum atomic E-state index is 14.3. The van der Waals surface area contributed by atoms with Gasteiger partial charge >= 0.3 is 5.97 Å². The Labute approximate surface area is 300 Å². The average Bonchev–Trinajstić information content (AvgIpc) is 3.38. The fraction of sp³-hybridized carbons (Fsp3) is 0.308. The normalized spacial score (nSPS) is 14.2. The van der Waals surface area contributed by atoms with E-state index in [1.54, 1.807) is 49.8 Å². The van der Waals surface area contributed by atoms with Gasteiger partial charge in [-0.1, -0.05) is 53.3 Å². The molecule has 2 heterocycles. The smallest absolute Gasteiger partial charge is 0.338 e. The highest BCUT2D eigenvalue weighted by atomic mass is 35.5. The number of methoxy groups -OCH3 is 1. The molecule has 1 aliphatic rings. The summed E-state index contributed by atoms with van der Waals surface area (Å²) in [4.78, 5) is 32.9. The maximum Gasteiger partial charge on any atom is 0.338 e. The van der Waals surface area contributed by atoms with E-state index in [1.807, 2.05) is 63.2 Å². The molecule has 0 spiro atoms. The molecule has 0 saturated heterocycles. The number of carbonyl (C=O) groups is 1. The first-order chi connectivity index (χ1) is 24.1. The zero-order valence-corrected chi connectivity index (χ0v) is 30.7. The van der Waals surface area contributed by atoms with Gasteiger partial charge in [-0.15, -0.1) is 6.58 Å². The van der Waals surface area contributed by atoms with Crippen molar-refractivity contribution in [1.82, 2.24) is 4.57 Å². The van der Waals surface area contributed by atoms with E-state index >= 15 is 0 Å². The van der Waals surface area contributed by atoms with Crippen LogP contribution in [0.25, 0.3) is 6.08 Å². The lowest BCUT2D eigenvalue weighted by Crippen LogP contribution is -2.40. The van der Waals surface area contributed by atoms with Gasteiger partial charge in [0, 0.05) is 16.1 Å². The Balaban J connectivity index is 1.65. The van der Waals surface area contributed by atoms with Crippen LogP contribution in [0.1, 0.15) is 62.9 Å². The lowest BCUT2D eigenvalue weighted by molar-refractivity contribution is -0.139. The quantitative estimate of drug-likeness (QED) is 0.103. The fourth-order valence-electron chi connectivity index (χ4n) is 5.73. The van der Waals surface area contributed by atoms with Crippen molar-refractivity contribution >= 4 is 35.0 Å². The Kier molecular flexibility index (Phi) is 11.9. The molecule has 4 aromatic rings. The van der Waals surface area contributed by atoms with Crippen LogP contribution in [0.15, 0.2) is 88.3 Å². The topological polar surface area (TPSA) is 97.6 Å². The van der Waals surface area contributed by atoms with Crippen LogP contribution in [0.2, 0.25) is 5.02 Å². The van der Waals surface area contributed by atoms with Crippen LogP contribution in [0.5, 0.6) is 23.0 Å². The largest absolute Gasteiger partial charge is 0.493 e. The van der Waals surface area contributed by atoms with Crippen molar-refractivity contribution in [3.63, 3.8) is 0 Å². The molecule has 9 nitrogen and oxygen atoms in total. The number of hydrogen-bond acceptors (Lipinski definition) is 9. The Morgan fingerprint density at radius 2 is 1.82 bits per heavy atom. The van der Waals surface area contributed by atoms with E-state index in [4.69, 9.17) is 40.3 Å². The second-order valence-electron chi connectivity index (χ2n) is 11.7. The third-order valence-electron chi connectivity index (χ3n) is 7.83. The van der Waals surface area contributed by atoms with Gasteiger partial charge in [0.15, 0.2) is 27.8 Å². The second kappa shape index (κ2) is 16.3. The summed E-state index contributed by atoms with van der Waals surface area (Å²) in [5.41, 5.74) is 3.50. The number of thiazole rings is 1. The Hall–Kier alpha value is -4.80. The summed E-state index contributed by atoms with van der Waals surface area (Å²) in [7, 11) is 1.55. The number of allylic oxidation sites excluding steroid dienone is 2. The molecular weight excluding hydrogens is 676 g/mol. The number of carbonyl (C=O) groups excluding carboxylic acids is 1. The van der Waals surface area contributed by atoms with Crippen molar-refractivity contribution in [3.8, 4) is 23.0 Å². The maximum absolute atomic E-state index is 14.3. The van der Waals surface area contributed by atoms with E-state index < -0.39 is 12.0 Å². The van der Waals surface area contributed by atoms with Gasteiger partial charge in [-0.25, -0.2) is 9.79 Å². The molecule has 0 saturated carbocycles. The number of hydrogen-bond donors (Lipinski definition) is 0. The van der Waals surface area contributed by atoms with Crippen LogP contribution in [-0.2, 0) is 22.6 Å². The van der Waals surface area contributed by atoms with Crippen LogP contribution in [0.3, 0.4) is 0 Å². The summed E-state index contributed by atoms with van der Waals surface area (Å²) in [6.45, 7) is 14.0. The molecule has 3 aromatic carbocycles. The fourth-order valence-corrected chi connectivity index (χ4v) is 6.97. The predicted molar refractivity (Wildman–Crippen MR) is 196 cm³/mol. The van der Waals surface area contributed by atoms with Crippen LogP contribution in [0, 0.1) is 0 Å². The Bertz CT molecular complexity index is 2120. The highest BCUT2D eigenvalue weighted by Gasteiger charge is 2.34. The van der Waals surface area contributed by atoms with Crippen molar-refractivity contribution in [2.45, 2.75) is 59.8 Å². The number of fused-ring (bicyclic) bond motifs is 1. The minimum absolute atomic E-state index is 0.0807. The molecule has 0 aliphatic carbocycles. The first kappa shape index (κ1) is 36.5. The number of nitrogens with zero attached hydrogens (tertiary/aromatic N) is 2. The Morgan fingerprint density at radius 3 is 2.50 bits per heavy atom. The molecule has 0 amide bonds. The molecule has 1 atom stereocenters. The van der Waals surface area contributed by atoms with Crippen molar-refractivity contribution in [2.24, 2.45) is 4.99 Å². The van der Waals surface area contributed by atoms with E-state index in [0.29, 0.717) is 61.6 Å². The summed E-state index contributed by atoms with van der Waals surface area (Å²) in [6, 6.07) is 15.9. The van der Waals surface area contributed by atoms with Gasteiger partial charge in [0.25, 0.3) is 5.56 Å². The monoisotopic (exact) mass is 716 g/mol. The van der Waals surface area contributed by atoms with Gasteiger partial charge in [0.1, 0.15) is 6.61 Å². The summed E-state index contributed by atoms with van der Waals surface area (Å²) in [6.07, 6.45) is 4.01. The third-order valence-corrected chi connectivity index (χ3v) is 9.18. The first-order valence-corrected chi connectivity index (χ1v) is 17.6. The van der Waals surface area contributed by atoms with Gasteiger partial charge < -0.3 is 23.7 Å². The SMILES string of the molecule is C=CCc1cc(/C=c2\sc3n(c2=O)[C@H](c2ccc(OC(C)C)c(OC)c2)C(C(=O)OCC)=C(C)N=3)cc(OCC)c1OCc1ccccc1Cl. The molecule has 1 aromatic heterocycles. The zero-order chi connectivity index (χ0) is 35.9. The molecule has 0 fully saturated rings. The Morgan fingerprint density at radius 1 is 1.04 bits per heavy atom. The van der Waals surface area contributed by atoms with E-state index in [-0.39, 0.29) is 30.5 Å². The van der Waals surface area contributed by atoms with Crippen LogP contribution < -0.4 is 33.8 Å². The van der Waals surface area contributed by atoms with Crippen molar-refractivity contribution in [1.29, 1.82) is 0 Å². The first-order valence-electron chi connectivity index (χ1n) is 16.4. The molecule has 0 N–H and O–H groups in total. The van der Waals surface area contributed by atoms with Crippen molar-refractivity contribution in [3.05, 3.63) is 125 Å². The van der Waals surface area contributed by atoms with E-state index in [0.717, 1.165) is 16.7 Å². The molecule has 1 aliphatic heterocycles. The zero-order valence-electron chi connectivity index (χ0n) is 29.1. The second-order valence-corrected chi connectivity index (χ2v) is 13.1. The van der Waals surface area contributed by atoms with Crippen LogP contribution >= 0.6 is 22.9 Å². The van der Waals surface area contributed by atoms with E-state index in [9.17, 15) is 9.59 Å². The van der Waals surface area contributed by atoms with Crippen LogP contribution in [0.4, 0.5) is 0 Å². The third kappa shape index (κ3) is 7.82.